The Labute approximate surface area is 200 Å². The Morgan fingerprint density at radius 3 is 2.32 bits per heavy atom. The standard InChI is InChI=1S/C21H19ClN6O2.C2H4O2/c1-13(15-6-9-17(29-2)18(12-15)30-3)23-24-19-10-11-20-25-26-21(28(20)27-19)14-4-7-16(22)8-5-14;1-2(3)4/h4-12H,1-3H3,(H,24,27);1H3,(H,3,4)/b23-13+;. The molecule has 0 aliphatic carbocycles. The quantitative estimate of drug-likeness (QED) is 0.306. The first-order chi connectivity index (χ1) is 16.3. The maximum atomic E-state index is 9.00. The summed E-state index contributed by atoms with van der Waals surface area (Å²) in [6.07, 6.45) is 0. The number of aliphatic carboxylic acids is 1. The van der Waals surface area contributed by atoms with Crippen LogP contribution in [0, 0.1) is 0 Å². The molecule has 176 valence electrons. The second kappa shape index (κ2) is 11.1. The number of nitrogens with one attached hydrogen (secondary N) is 1. The molecule has 4 aromatic rings. The number of halogens is 1. The highest BCUT2D eigenvalue weighted by atomic mass is 35.5. The van der Waals surface area contributed by atoms with E-state index in [1.807, 2.05) is 43.3 Å². The monoisotopic (exact) mass is 482 g/mol. The maximum Gasteiger partial charge on any atom is 0.300 e. The van der Waals surface area contributed by atoms with E-state index in [9.17, 15) is 0 Å². The van der Waals surface area contributed by atoms with Gasteiger partial charge in [0.2, 0.25) is 0 Å². The highest BCUT2D eigenvalue weighted by Gasteiger charge is 2.10. The number of carboxylic acid groups (broad SMARTS) is 1. The smallest absolute Gasteiger partial charge is 0.300 e. The van der Waals surface area contributed by atoms with Crippen LogP contribution in [0.3, 0.4) is 0 Å². The summed E-state index contributed by atoms with van der Waals surface area (Å²) < 4.78 is 12.3. The molecular weight excluding hydrogens is 460 g/mol. The molecule has 0 saturated heterocycles. The minimum Gasteiger partial charge on any atom is -0.493 e. The topological polar surface area (TPSA) is 123 Å². The molecule has 10 nitrogen and oxygen atoms in total. The Morgan fingerprint density at radius 2 is 1.68 bits per heavy atom. The number of methoxy groups -OCH3 is 2. The van der Waals surface area contributed by atoms with Gasteiger partial charge < -0.3 is 14.6 Å². The molecule has 0 saturated carbocycles. The zero-order chi connectivity index (χ0) is 24.7. The van der Waals surface area contributed by atoms with Crippen molar-refractivity contribution < 1.29 is 19.4 Å². The Balaban J connectivity index is 0.000000751. The average molecular weight is 483 g/mol. The summed E-state index contributed by atoms with van der Waals surface area (Å²) in [4.78, 5) is 9.00. The SMILES string of the molecule is CC(=O)O.COc1ccc(/C(C)=N/Nc2ccc3nnc(-c4ccc(Cl)cc4)n3n2)cc1OC. The van der Waals surface area contributed by atoms with Gasteiger partial charge in [-0.25, -0.2) is 0 Å². The number of fused-ring (bicyclic) bond motifs is 1. The average Bonchev–Trinajstić information content (AvgIpc) is 3.25. The van der Waals surface area contributed by atoms with Crippen LogP contribution in [-0.2, 0) is 4.79 Å². The first-order valence-corrected chi connectivity index (χ1v) is 10.4. The Hall–Kier alpha value is -4.18. The van der Waals surface area contributed by atoms with E-state index in [-0.39, 0.29) is 0 Å². The zero-order valence-electron chi connectivity index (χ0n) is 19.0. The number of carboxylic acids is 1. The molecule has 0 amide bonds. The third kappa shape index (κ3) is 5.99. The van der Waals surface area contributed by atoms with Crippen LogP contribution >= 0.6 is 11.6 Å². The van der Waals surface area contributed by atoms with Gasteiger partial charge in [0.1, 0.15) is 0 Å². The van der Waals surface area contributed by atoms with Gasteiger partial charge in [-0.3, -0.25) is 10.2 Å². The summed E-state index contributed by atoms with van der Waals surface area (Å²) in [5.41, 5.74) is 6.14. The molecule has 0 bridgehead atoms. The van der Waals surface area contributed by atoms with Crippen molar-refractivity contribution >= 4 is 34.7 Å². The highest BCUT2D eigenvalue weighted by Crippen LogP contribution is 2.28. The van der Waals surface area contributed by atoms with E-state index in [0.717, 1.165) is 23.8 Å². The third-order valence-electron chi connectivity index (χ3n) is 4.50. The van der Waals surface area contributed by atoms with E-state index < -0.39 is 5.97 Å². The lowest BCUT2D eigenvalue weighted by molar-refractivity contribution is -0.134. The lowest BCUT2D eigenvalue weighted by atomic mass is 10.1. The predicted molar refractivity (Wildman–Crippen MR) is 130 cm³/mol. The molecule has 0 fully saturated rings. The number of benzene rings is 2. The molecule has 0 radical (unpaired) electrons. The second-order valence-corrected chi connectivity index (χ2v) is 7.35. The fraction of sp³-hybridized carbons (Fsp3) is 0.174. The second-order valence-electron chi connectivity index (χ2n) is 6.92. The van der Waals surface area contributed by atoms with Crippen molar-refractivity contribution in [3.63, 3.8) is 0 Å². The number of hydrazone groups is 1. The van der Waals surface area contributed by atoms with Gasteiger partial charge in [0.25, 0.3) is 5.97 Å². The van der Waals surface area contributed by atoms with E-state index in [4.69, 9.17) is 31.0 Å². The molecule has 2 aromatic heterocycles. The first-order valence-electron chi connectivity index (χ1n) is 10.0. The van der Waals surface area contributed by atoms with Crippen LogP contribution in [-0.4, -0.2) is 50.8 Å². The fourth-order valence-electron chi connectivity index (χ4n) is 2.89. The van der Waals surface area contributed by atoms with Crippen LogP contribution in [0.2, 0.25) is 5.02 Å². The Kier molecular flexibility index (Phi) is 7.99. The molecule has 4 rings (SSSR count). The van der Waals surface area contributed by atoms with Gasteiger partial charge in [0.15, 0.2) is 28.8 Å². The molecule has 0 aliphatic heterocycles. The van der Waals surface area contributed by atoms with Crippen molar-refractivity contribution in [1.29, 1.82) is 0 Å². The summed E-state index contributed by atoms with van der Waals surface area (Å²) in [6, 6.07) is 16.6. The van der Waals surface area contributed by atoms with E-state index in [1.165, 1.54) is 0 Å². The number of hydrogen-bond donors (Lipinski definition) is 2. The fourth-order valence-corrected chi connectivity index (χ4v) is 3.02. The molecule has 2 N–H and O–H groups in total. The summed E-state index contributed by atoms with van der Waals surface area (Å²) in [5, 5.41) is 25.5. The van der Waals surface area contributed by atoms with Gasteiger partial charge in [-0.15, -0.1) is 15.3 Å². The van der Waals surface area contributed by atoms with Gasteiger partial charge in [-0.1, -0.05) is 11.6 Å². The third-order valence-corrected chi connectivity index (χ3v) is 4.76. The van der Waals surface area contributed by atoms with Gasteiger partial charge in [0.05, 0.1) is 19.9 Å². The van der Waals surface area contributed by atoms with Crippen molar-refractivity contribution in [3.05, 3.63) is 65.2 Å². The zero-order valence-corrected chi connectivity index (χ0v) is 19.7. The molecule has 2 heterocycles. The Bertz CT molecular complexity index is 1320. The number of hydrogen-bond acceptors (Lipinski definition) is 8. The lowest BCUT2D eigenvalue weighted by Gasteiger charge is -2.09. The summed E-state index contributed by atoms with van der Waals surface area (Å²) in [7, 11) is 3.20. The van der Waals surface area contributed by atoms with Gasteiger partial charge in [-0.05, 0) is 61.5 Å². The molecule has 0 spiro atoms. The molecule has 11 heteroatoms. The normalized spacial score (nSPS) is 10.9. The Morgan fingerprint density at radius 1 is 1.00 bits per heavy atom. The minimum atomic E-state index is -0.833. The van der Waals surface area contributed by atoms with E-state index in [0.29, 0.717) is 33.8 Å². The molecule has 0 aliphatic rings. The van der Waals surface area contributed by atoms with Crippen LogP contribution in [0.1, 0.15) is 19.4 Å². The lowest BCUT2D eigenvalue weighted by Crippen LogP contribution is -2.04. The molecule has 0 unspecified atom stereocenters. The van der Waals surface area contributed by atoms with Crippen molar-refractivity contribution in [2.75, 3.05) is 19.6 Å². The van der Waals surface area contributed by atoms with Gasteiger partial charge >= 0.3 is 0 Å². The molecule has 2 aromatic carbocycles. The van der Waals surface area contributed by atoms with Gasteiger partial charge in [0, 0.05) is 23.1 Å². The van der Waals surface area contributed by atoms with Gasteiger partial charge in [-0.2, -0.15) is 9.62 Å². The number of nitrogens with zero attached hydrogens (tertiary/aromatic N) is 5. The maximum absolute atomic E-state index is 9.00. The van der Waals surface area contributed by atoms with Crippen LogP contribution in [0.5, 0.6) is 11.5 Å². The number of rotatable bonds is 6. The van der Waals surface area contributed by atoms with Crippen LogP contribution in [0.25, 0.3) is 17.0 Å². The number of ether oxygens (including phenoxy) is 2. The van der Waals surface area contributed by atoms with E-state index in [1.54, 1.807) is 36.9 Å². The van der Waals surface area contributed by atoms with Crippen LogP contribution in [0.4, 0.5) is 5.82 Å². The molecule has 0 atom stereocenters. The van der Waals surface area contributed by atoms with Crippen molar-refractivity contribution in [3.8, 4) is 22.9 Å². The number of anilines is 1. The predicted octanol–water partition coefficient (Wildman–Crippen LogP) is 4.39. The van der Waals surface area contributed by atoms with Crippen LogP contribution < -0.4 is 14.9 Å². The van der Waals surface area contributed by atoms with E-state index in [2.05, 4.69) is 25.8 Å². The molecule has 34 heavy (non-hydrogen) atoms. The van der Waals surface area contributed by atoms with Crippen molar-refractivity contribution in [2.45, 2.75) is 13.8 Å². The van der Waals surface area contributed by atoms with Crippen molar-refractivity contribution in [2.24, 2.45) is 5.10 Å². The summed E-state index contributed by atoms with van der Waals surface area (Å²) in [5.74, 6) is 1.64. The molecular formula is C23H23ClN6O4. The highest BCUT2D eigenvalue weighted by molar-refractivity contribution is 6.30. The summed E-state index contributed by atoms with van der Waals surface area (Å²) >= 11 is 5.98. The summed E-state index contributed by atoms with van der Waals surface area (Å²) in [6.45, 7) is 2.98. The number of carbonyl (C=O) groups is 1. The minimum absolute atomic E-state index is 0.553. The largest absolute Gasteiger partial charge is 0.493 e. The number of aromatic nitrogens is 4. The van der Waals surface area contributed by atoms with Crippen molar-refractivity contribution in [1.82, 2.24) is 19.8 Å². The first kappa shape index (κ1) is 24.5. The van der Waals surface area contributed by atoms with E-state index >= 15 is 0 Å². The van der Waals surface area contributed by atoms with Crippen LogP contribution in [0.15, 0.2) is 59.7 Å².